The Kier molecular flexibility index (Phi) is 4.15. The molecule has 0 unspecified atom stereocenters. The predicted molar refractivity (Wildman–Crippen MR) is 70.5 cm³/mol. The summed E-state index contributed by atoms with van der Waals surface area (Å²) < 4.78 is 5.06. The minimum Gasteiger partial charge on any atom is -0.459 e. The first-order chi connectivity index (χ1) is 8.81. The number of benzene rings is 1. The number of furan rings is 1. The van der Waals surface area contributed by atoms with E-state index in [1.165, 1.54) is 6.26 Å². The molecular formula is C14H16N2O2. The number of carbonyl (C=O) groups excluding carboxylic acids is 1. The molecule has 4 nitrogen and oxygen atoms in total. The molecule has 1 aromatic heterocycles. The number of anilines is 1. The lowest BCUT2D eigenvalue weighted by molar-refractivity contribution is 0.0996. The van der Waals surface area contributed by atoms with Crippen LogP contribution in [0.2, 0.25) is 0 Å². The molecule has 0 aliphatic heterocycles. The lowest BCUT2D eigenvalue weighted by atomic mass is 10.1. The Morgan fingerprint density at radius 1 is 1.22 bits per heavy atom. The summed E-state index contributed by atoms with van der Waals surface area (Å²) >= 11 is 0. The molecule has 18 heavy (non-hydrogen) atoms. The van der Waals surface area contributed by atoms with Gasteiger partial charge < -0.3 is 15.1 Å². The first kappa shape index (κ1) is 12.4. The van der Waals surface area contributed by atoms with Crippen LogP contribution in [-0.2, 0) is 6.54 Å². The van der Waals surface area contributed by atoms with E-state index in [0.29, 0.717) is 5.76 Å². The molecule has 0 spiro atoms. The molecule has 0 saturated carbocycles. The van der Waals surface area contributed by atoms with Gasteiger partial charge in [-0.2, -0.15) is 0 Å². The number of para-hydroxylation sites is 1. The zero-order valence-corrected chi connectivity index (χ0v) is 10.3. The van der Waals surface area contributed by atoms with Gasteiger partial charge in [0.1, 0.15) is 0 Å². The van der Waals surface area contributed by atoms with E-state index in [0.717, 1.165) is 24.3 Å². The molecular weight excluding hydrogens is 228 g/mol. The molecule has 1 amide bonds. The maximum Gasteiger partial charge on any atom is 0.291 e. The smallest absolute Gasteiger partial charge is 0.291 e. The lowest BCUT2D eigenvalue weighted by Crippen LogP contribution is -2.16. The van der Waals surface area contributed by atoms with Gasteiger partial charge in [0.25, 0.3) is 5.91 Å². The third kappa shape index (κ3) is 2.99. The standard InChI is InChI=1S/C14H16N2O2/c1-2-15-10-11-6-3-4-7-12(11)16-14(17)13-8-5-9-18-13/h3-9,15H,2,10H2,1H3,(H,16,17). The van der Waals surface area contributed by atoms with Crippen LogP contribution in [0.1, 0.15) is 23.0 Å². The fraction of sp³-hybridized carbons (Fsp3) is 0.214. The molecule has 0 aliphatic rings. The van der Waals surface area contributed by atoms with Gasteiger partial charge in [0.05, 0.1) is 6.26 Å². The fourth-order valence-corrected chi connectivity index (χ4v) is 1.65. The maximum atomic E-state index is 11.9. The monoisotopic (exact) mass is 244 g/mol. The summed E-state index contributed by atoms with van der Waals surface area (Å²) in [4.78, 5) is 11.9. The molecule has 0 saturated heterocycles. The van der Waals surface area contributed by atoms with Crippen molar-refractivity contribution >= 4 is 11.6 Å². The van der Waals surface area contributed by atoms with Gasteiger partial charge in [-0.25, -0.2) is 0 Å². The lowest BCUT2D eigenvalue weighted by Gasteiger charge is -2.10. The molecule has 0 atom stereocenters. The van der Waals surface area contributed by atoms with E-state index in [1.807, 2.05) is 31.2 Å². The second kappa shape index (κ2) is 6.02. The van der Waals surface area contributed by atoms with Crippen LogP contribution in [-0.4, -0.2) is 12.5 Å². The zero-order valence-electron chi connectivity index (χ0n) is 10.3. The summed E-state index contributed by atoms with van der Waals surface area (Å²) in [6.45, 7) is 3.66. The summed E-state index contributed by atoms with van der Waals surface area (Å²) in [6.07, 6.45) is 1.49. The minimum absolute atomic E-state index is 0.232. The fourth-order valence-electron chi connectivity index (χ4n) is 1.65. The van der Waals surface area contributed by atoms with Crippen molar-refractivity contribution in [3.05, 3.63) is 54.0 Å². The molecule has 4 heteroatoms. The van der Waals surface area contributed by atoms with Gasteiger partial charge >= 0.3 is 0 Å². The first-order valence-electron chi connectivity index (χ1n) is 5.94. The Labute approximate surface area is 106 Å². The molecule has 1 aromatic carbocycles. The molecule has 2 N–H and O–H groups in total. The Balaban J connectivity index is 2.11. The average Bonchev–Trinajstić information content (AvgIpc) is 2.91. The predicted octanol–water partition coefficient (Wildman–Crippen LogP) is 2.64. The van der Waals surface area contributed by atoms with E-state index in [1.54, 1.807) is 12.1 Å². The van der Waals surface area contributed by atoms with Crippen molar-refractivity contribution in [3.8, 4) is 0 Å². The van der Waals surface area contributed by atoms with Crippen LogP contribution in [0.3, 0.4) is 0 Å². The van der Waals surface area contributed by atoms with Crippen LogP contribution in [0.5, 0.6) is 0 Å². The van der Waals surface area contributed by atoms with E-state index >= 15 is 0 Å². The molecule has 2 aromatic rings. The van der Waals surface area contributed by atoms with Crippen molar-refractivity contribution in [3.63, 3.8) is 0 Å². The van der Waals surface area contributed by atoms with Crippen molar-refractivity contribution in [1.82, 2.24) is 5.32 Å². The van der Waals surface area contributed by atoms with E-state index < -0.39 is 0 Å². The van der Waals surface area contributed by atoms with Crippen LogP contribution in [0, 0.1) is 0 Å². The minimum atomic E-state index is -0.232. The molecule has 2 rings (SSSR count). The molecule has 0 fully saturated rings. The highest BCUT2D eigenvalue weighted by Gasteiger charge is 2.10. The van der Waals surface area contributed by atoms with Gasteiger partial charge in [-0.15, -0.1) is 0 Å². The van der Waals surface area contributed by atoms with Crippen LogP contribution in [0.25, 0.3) is 0 Å². The average molecular weight is 244 g/mol. The first-order valence-corrected chi connectivity index (χ1v) is 5.94. The normalized spacial score (nSPS) is 10.3. The third-order valence-corrected chi connectivity index (χ3v) is 2.58. The molecule has 1 heterocycles. The third-order valence-electron chi connectivity index (χ3n) is 2.58. The van der Waals surface area contributed by atoms with Crippen molar-refractivity contribution in [2.75, 3.05) is 11.9 Å². The molecule has 0 bridgehead atoms. The van der Waals surface area contributed by atoms with Gasteiger partial charge in [0.15, 0.2) is 5.76 Å². The molecule has 94 valence electrons. The van der Waals surface area contributed by atoms with Crippen LogP contribution in [0.15, 0.2) is 47.1 Å². The maximum absolute atomic E-state index is 11.9. The summed E-state index contributed by atoms with van der Waals surface area (Å²) in [7, 11) is 0. The van der Waals surface area contributed by atoms with Crippen LogP contribution in [0.4, 0.5) is 5.69 Å². The summed E-state index contributed by atoms with van der Waals surface area (Å²) in [5.41, 5.74) is 1.86. The summed E-state index contributed by atoms with van der Waals surface area (Å²) in [6, 6.07) is 11.1. The van der Waals surface area contributed by atoms with Gasteiger partial charge in [0.2, 0.25) is 0 Å². The number of nitrogens with one attached hydrogen (secondary N) is 2. The second-order valence-corrected chi connectivity index (χ2v) is 3.87. The van der Waals surface area contributed by atoms with Gasteiger partial charge in [0, 0.05) is 12.2 Å². The number of amides is 1. The number of rotatable bonds is 5. The second-order valence-electron chi connectivity index (χ2n) is 3.87. The molecule has 0 radical (unpaired) electrons. The summed E-state index contributed by atoms with van der Waals surface area (Å²) in [5.74, 6) is 0.0807. The van der Waals surface area contributed by atoms with E-state index in [-0.39, 0.29) is 5.91 Å². The van der Waals surface area contributed by atoms with Crippen molar-refractivity contribution in [1.29, 1.82) is 0 Å². The van der Waals surface area contributed by atoms with E-state index in [4.69, 9.17) is 4.42 Å². The Bertz CT molecular complexity index is 506. The number of hydrogen-bond donors (Lipinski definition) is 2. The summed E-state index contributed by atoms with van der Waals surface area (Å²) in [5, 5.41) is 6.09. The van der Waals surface area contributed by atoms with Gasteiger partial charge in [-0.05, 0) is 30.3 Å². The topological polar surface area (TPSA) is 54.3 Å². The highest BCUT2D eigenvalue weighted by atomic mass is 16.3. The Morgan fingerprint density at radius 3 is 2.78 bits per heavy atom. The van der Waals surface area contributed by atoms with E-state index in [9.17, 15) is 4.79 Å². The number of carbonyl (C=O) groups is 1. The van der Waals surface area contributed by atoms with Gasteiger partial charge in [-0.3, -0.25) is 4.79 Å². The van der Waals surface area contributed by atoms with Crippen LogP contribution >= 0.6 is 0 Å². The van der Waals surface area contributed by atoms with Crippen molar-refractivity contribution in [2.24, 2.45) is 0 Å². The van der Waals surface area contributed by atoms with E-state index in [2.05, 4.69) is 10.6 Å². The SMILES string of the molecule is CCNCc1ccccc1NC(=O)c1ccco1. The molecule has 0 aliphatic carbocycles. The van der Waals surface area contributed by atoms with Crippen molar-refractivity contribution < 1.29 is 9.21 Å². The van der Waals surface area contributed by atoms with Crippen LogP contribution < -0.4 is 10.6 Å². The highest BCUT2D eigenvalue weighted by molar-refractivity contribution is 6.02. The Hall–Kier alpha value is -2.07. The van der Waals surface area contributed by atoms with Crippen molar-refractivity contribution in [2.45, 2.75) is 13.5 Å². The highest BCUT2D eigenvalue weighted by Crippen LogP contribution is 2.16. The Morgan fingerprint density at radius 2 is 2.06 bits per heavy atom. The number of hydrogen-bond acceptors (Lipinski definition) is 3. The zero-order chi connectivity index (χ0) is 12.8. The largest absolute Gasteiger partial charge is 0.459 e. The van der Waals surface area contributed by atoms with Gasteiger partial charge in [-0.1, -0.05) is 25.1 Å². The quantitative estimate of drug-likeness (QED) is 0.850.